The third-order valence-electron chi connectivity index (χ3n) is 4.82. The number of para-hydroxylation sites is 1. The molecular weight excluding hydrogens is 435 g/mol. The molecule has 1 unspecified atom stereocenters. The Morgan fingerprint density at radius 2 is 1.93 bits per heavy atom. The van der Waals surface area contributed by atoms with Gasteiger partial charge in [0.2, 0.25) is 0 Å². The fraction of sp³-hybridized carbons (Fsp3) is 0.300. The normalized spacial score (nSPS) is 16.0. The summed E-state index contributed by atoms with van der Waals surface area (Å²) >= 11 is 2.76. The number of alkyl halides is 3. The zero-order valence-electron chi connectivity index (χ0n) is 16.0. The lowest BCUT2D eigenvalue weighted by Gasteiger charge is -2.25. The number of aryl methyl sites for hydroxylation is 2. The quantitative estimate of drug-likeness (QED) is 0.585. The molecule has 5 nitrogen and oxygen atoms in total. The third-order valence-corrected chi connectivity index (χ3v) is 6.77. The number of Topliss-reactive ketones (excluding diaryl/α,β-unsaturated/α-hetero) is 1. The van der Waals surface area contributed by atoms with Crippen LogP contribution in [0.15, 0.2) is 29.6 Å². The zero-order valence-corrected chi connectivity index (χ0v) is 17.6. The number of anilines is 1. The molecule has 0 bridgehead atoms. The molecule has 0 spiro atoms. The van der Waals surface area contributed by atoms with E-state index in [0.29, 0.717) is 21.2 Å². The van der Waals surface area contributed by atoms with Crippen LogP contribution in [0, 0.1) is 13.8 Å². The molecule has 30 heavy (non-hydrogen) atoms. The van der Waals surface area contributed by atoms with E-state index in [9.17, 15) is 22.8 Å². The number of nitrogens with zero attached hydrogens (tertiary/aromatic N) is 3. The van der Waals surface area contributed by atoms with Crippen LogP contribution in [0.5, 0.6) is 0 Å². The SMILES string of the molecule is Cc1nc(C)c(-c2csc(CC(=O)C3Cc4ccccc4N3C(=O)C(F)(F)F)n2)s1. The fourth-order valence-electron chi connectivity index (χ4n) is 3.56. The van der Waals surface area contributed by atoms with E-state index >= 15 is 0 Å². The summed E-state index contributed by atoms with van der Waals surface area (Å²) in [5.41, 5.74) is 2.22. The second-order valence-corrected chi connectivity index (χ2v) is 9.08. The number of rotatable bonds is 4. The minimum atomic E-state index is -5.06. The van der Waals surface area contributed by atoms with E-state index in [2.05, 4.69) is 9.97 Å². The number of hydrogen-bond donors (Lipinski definition) is 0. The molecule has 3 aromatic rings. The maximum absolute atomic E-state index is 13.2. The monoisotopic (exact) mass is 451 g/mol. The summed E-state index contributed by atoms with van der Waals surface area (Å²) in [6.45, 7) is 3.77. The molecule has 0 saturated carbocycles. The molecule has 0 saturated heterocycles. The lowest BCUT2D eigenvalue weighted by atomic mass is 10.0. The van der Waals surface area contributed by atoms with Gasteiger partial charge in [0.25, 0.3) is 0 Å². The molecular formula is C20H16F3N3O2S2. The number of benzene rings is 1. The molecule has 0 N–H and O–H groups in total. The van der Waals surface area contributed by atoms with Crippen LogP contribution >= 0.6 is 22.7 Å². The Morgan fingerprint density at radius 1 is 1.20 bits per heavy atom. The van der Waals surface area contributed by atoms with Crippen molar-refractivity contribution in [1.82, 2.24) is 9.97 Å². The van der Waals surface area contributed by atoms with E-state index < -0.39 is 23.9 Å². The van der Waals surface area contributed by atoms with E-state index in [-0.39, 0.29) is 18.5 Å². The molecule has 1 aromatic carbocycles. The Morgan fingerprint density at radius 3 is 2.60 bits per heavy atom. The van der Waals surface area contributed by atoms with Crippen molar-refractivity contribution in [2.24, 2.45) is 0 Å². The highest BCUT2D eigenvalue weighted by molar-refractivity contribution is 7.16. The average molecular weight is 451 g/mol. The number of amides is 1. The maximum Gasteiger partial charge on any atom is 0.471 e. The molecule has 4 rings (SSSR count). The van der Waals surface area contributed by atoms with Crippen LogP contribution in [0.4, 0.5) is 18.9 Å². The molecule has 1 amide bonds. The highest BCUT2D eigenvalue weighted by Gasteiger charge is 2.49. The van der Waals surface area contributed by atoms with E-state index in [0.717, 1.165) is 15.6 Å². The summed E-state index contributed by atoms with van der Waals surface area (Å²) in [5.74, 6) is -2.50. The lowest BCUT2D eigenvalue weighted by molar-refractivity contribution is -0.171. The number of thiazole rings is 2. The van der Waals surface area contributed by atoms with Gasteiger partial charge in [0.05, 0.1) is 27.7 Å². The lowest BCUT2D eigenvalue weighted by Crippen LogP contribution is -2.49. The van der Waals surface area contributed by atoms with Gasteiger partial charge in [-0.1, -0.05) is 18.2 Å². The van der Waals surface area contributed by atoms with Crippen LogP contribution in [0.3, 0.4) is 0 Å². The molecule has 156 valence electrons. The van der Waals surface area contributed by atoms with E-state index in [1.807, 2.05) is 19.2 Å². The summed E-state index contributed by atoms with van der Waals surface area (Å²) in [7, 11) is 0. The molecule has 1 atom stereocenters. The predicted molar refractivity (Wildman–Crippen MR) is 109 cm³/mol. The number of carbonyl (C=O) groups excluding carboxylic acids is 2. The van der Waals surface area contributed by atoms with Crippen LogP contribution in [-0.4, -0.2) is 33.9 Å². The molecule has 1 aliphatic rings. The first-order valence-electron chi connectivity index (χ1n) is 9.05. The van der Waals surface area contributed by atoms with Crippen LogP contribution in [0.2, 0.25) is 0 Å². The average Bonchev–Trinajstić information content (AvgIpc) is 3.36. The van der Waals surface area contributed by atoms with Crippen LogP contribution in [-0.2, 0) is 22.4 Å². The Balaban J connectivity index is 1.58. The van der Waals surface area contributed by atoms with E-state index in [4.69, 9.17) is 0 Å². The minimum Gasteiger partial charge on any atom is -0.297 e. The van der Waals surface area contributed by atoms with Crippen molar-refractivity contribution in [3.63, 3.8) is 0 Å². The van der Waals surface area contributed by atoms with Gasteiger partial charge in [-0.2, -0.15) is 13.2 Å². The topological polar surface area (TPSA) is 63.2 Å². The molecule has 0 fully saturated rings. The van der Waals surface area contributed by atoms with Gasteiger partial charge in [0.15, 0.2) is 5.78 Å². The predicted octanol–water partition coefficient (Wildman–Crippen LogP) is 4.52. The van der Waals surface area contributed by atoms with Crippen molar-refractivity contribution in [2.45, 2.75) is 38.9 Å². The van der Waals surface area contributed by atoms with E-state index in [1.54, 1.807) is 18.2 Å². The van der Waals surface area contributed by atoms with Gasteiger partial charge in [-0.05, 0) is 25.5 Å². The summed E-state index contributed by atoms with van der Waals surface area (Å²) in [6, 6.07) is 5.10. The highest BCUT2D eigenvalue weighted by Crippen LogP contribution is 2.36. The largest absolute Gasteiger partial charge is 0.471 e. The van der Waals surface area contributed by atoms with Gasteiger partial charge in [-0.15, -0.1) is 22.7 Å². The van der Waals surface area contributed by atoms with Crippen LogP contribution < -0.4 is 4.90 Å². The van der Waals surface area contributed by atoms with Crippen molar-refractivity contribution in [2.75, 3.05) is 4.90 Å². The van der Waals surface area contributed by atoms with Gasteiger partial charge in [-0.25, -0.2) is 9.97 Å². The first-order valence-corrected chi connectivity index (χ1v) is 10.7. The van der Waals surface area contributed by atoms with Crippen molar-refractivity contribution in [3.8, 4) is 10.6 Å². The first kappa shape index (κ1) is 20.7. The molecule has 10 heteroatoms. The summed E-state index contributed by atoms with van der Waals surface area (Å²) < 4.78 is 39.5. The van der Waals surface area contributed by atoms with Gasteiger partial charge in [-0.3, -0.25) is 14.5 Å². The summed E-state index contributed by atoms with van der Waals surface area (Å²) in [4.78, 5) is 35.3. The number of fused-ring (bicyclic) bond motifs is 1. The third kappa shape index (κ3) is 3.77. The standard InChI is InChI=1S/C20H16F3N3O2S2/c1-10-18(30-11(2)24-10)13-9-29-17(25-13)8-16(27)15-7-12-5-3-4-6-14(12)26(15)19(28)20(21,22)23/h3-6,9,15H,7-8H2,1-2H3. The molecule has 3 heterocycles. The van der Waals surface area contributed by atoms with Crippen LogP contribution in [0.1, 0.15) is 21.3 Å². The van der Waals surface area contributed by atoms with Crippen molar-refractivity contribution in [1.29, 1.82) is 0 Å². The number of halogens is 3. The second-order valence-electron chi connectivity index (χ2n) is 6.94. The van der Waals surface area contributed by atoms with Crippen molar-refractivity contribution >= 4 is 40.1 Å². The van der Waals surface area contributed by atoms with Crippen molar-refractivity contribution in [3.05, 3.63) is 50.9 Å². The van der Waals surface area contributed by atoms with Crippen LogP contribution in [0.25, 0.3) is 10.6 Å². The van der Waals surface area contributed by atoms with Crippen molar-refractivity contribution < 1.29 is 22.8 Å². The Labute approximate surface area is 178 Å². The summed E-state index contributed by atoms with van der Waals surface area (Å²) in [5, 5.41) is 3.21. The number of hydrogen-bond acceptors (Lipinski definition) is 6. The first-order chi connectivity index (χ1) is 14.1. The Kier molecular flexibility index (Phi) is 5.23. The smallest absolute Gasteiger partial charge is 0.297 e. The molecule has 0 aliphatic carbocycles. The minimum absolute atomic E-state index is 0.0577. The molecule has 2 aromatic heterocycles. The maximum atomic E-state index is 13.2. The molecule has 1 aliphatic heterocycles. The fourth-order valence-corrected chi connectivity index (χ4v) is 5.31. The summed E-state index contributed by atoms with van der Waals surface area (Å²) in [6.07, 6.45) is -5.14. The number of ketones is 1. The Hall–Kier alpha value is -2.59. The van der Waals surface area contributed by atoms with E-state index in [1.165, 1.54) is 28.7 Å². The number of carbonyl (C=O) groups is 2. The van der Waals surface area contributed by atoms with Gasteiger partial charge in [0, 0.05) is 17.5 Å². The van der Waals surface area contributed by atoms with Gasteiger partial charge >= 0.3 is 12.1 Å². The zero-order chi connectivity index (χ0) is 21.6. The number of aromatic nitrogens is 2. The second kappa shape index (κ2) is 7.59. The molecule has 0 radical (unpaired) electrons. The van der Waals surface area contributed by atoms with Gasteiger partial charge in [0.1, 0.15) is 11.0 Å². The Bertz CT molecular complexity index is 1140. The highest BCUT2D eigenvalue weighted by atomic mass is 32.1. The van der Waals surface area contributed by atoms with Gasteiger partial charge < -0.3 is 0 Å².